The van der Waals surface area contributed by atoms with Crippen LogP contribution in [0.25, 0.3) is 17.0 Å². The molecule has 0 fully saturated rings. The first-order chi connectivity index (χ1) is 18.5. The van der Waals surface area contributed by atoms with Gasteiger partial charge >= 0.3 is 12.1 Å². The molecule has 202 valence electrons. The van der Waals surface area contributed by atoms with Crippen molar-refractivity contribution in [3.05, 3.63) is 106 Å². The molecule has 1 heterocycles. The van der Waals surface area contributed by atoms with E-state index in [0.717, 1.165) is 17.7 Å². The highest BCUT2D eigenvalue weighted by Crippen LogP contribution is 2.36. The van der Waals surface area contributed by atoms with Crippen molar-refractivity contribution < 1.29 is 37.3 Å². The van der Waals surface area contributed by atoms with E-state index in [9.17, 15) is 27.9 Å². The number of carboxylic acids is 1. The standard InChI is InChI=1S/C30H26F3NO5/c1-4-39-27(29(36)37)16-20-7-5-6-19(14-20)15-24-18(2)34(28(35)21-8-11-23(38-3)12-9-21)26-13-10-22(17-25(24)26)30(31,32)33/h5-14,16-17H,4,15H2,1-3H3,(H,36,37)/b27-16-. The number of methoxy groups -OCH3 is 1. The van der Waals surface area contributed by atoms with Crippen molar-refractivity contribution in [2.24, 2.45) is 0 Å². The molecule has 0 saturated carbocycles. The van der Waals surface area contributed by atoms with Gasteiger partial charge in [-0.05, 0) is 85.5 Å². The third-order valence-corrected chi connectivity index (χ3v) is 6.34. The van der Waals surface area contributed by atoms with Crippen LogP contribution in [0, 0.1) is 6.92 Å². The van der Waals surface area contributed by atoms with Crippen LogP contribution in [0.5, 0.6) is 5.75 Å². The highest BCUT2D eigenvalue weighted by molar-refractivity contribution is 6.04. The first-order valence-electron chi connectivity index (χ1n) is 12.1. The molecule has 39 heavy (non-hydrogen) atoms. The Balaban J connectivity index is 1.84. The van der Waals surface area contributed by atoms with Crippen molar-refractivity contribution in [3.63, 3.8) is 0 Å². The van der Waals surface area contributed by atoms with E-state index in [0.29, 0.717) is 39.0 Å². The Morgan fingerprint density at radius 3 is 2.36 bits per heavy atom. The first kappa shape index (κ1) is 27.5. The van der Waals surface area contributed by atoms with Gasteiger partial charge in [-0.2, -0.15) is 13.2 Å². The minimum atomic E-state index is -4.56. The molecule has 4 aromatic rings. The number of ether oxygens (including phenoxy) is 2. The second-order valence-corrected chi connectivity index (χ2v) is 8.83. The van der Waals surface area contributed by atoms with Crippen LogP contribution in [-0.4, -0.2) is 35.3 Å². The zero-order valence-electron chi connectivity index (χ0n) is 21.5. The fourth-order valence-electron chi connectivity index (χ4n) is 4.48. The van der Waals surface area contributed by atoms with Crippen molar-refractivity contribution in [3.8, 4) is 5.75 Å². The van der Waals surface area contributed by atoms with Gasteiger partial charge in [0.2, 0.25) is 5.76 Å². The molecule has 0 bridgehead atoms. The Hall–Kier alpha value is -4.53. The normalized spacial score (nSPS) is 12.0. The monoisotopic (exact) mass is 537 g/mol. The maximum absolute atomic E-state index is 13.6. The first-order valence-corrected chi connectivity index (χ1v) is 12.1. The van der Waals surface area contributed by atoms with Gasteiger partial charge in [0.05, 0.1) is 24.8 Å². The third-order valence-electron chi connectivity index (χ3n) is 6.34. The average Bonchev–Trinajstić information content (AvgIpc) is 3.18. The maximum atomic E-state index is 13.6. The molecule has 0 aliphatic heterocycles. The lowest BCUT2D eigenvalue weighted by Gasteiger charge is -2.09. The Bertz CT molecular complexity index is 1570. The van der Waals surface area contributed by atoms with Gasteiger partial charge in [-0.1, -0.05) is 24.3 Å². The summed E-state index contributed by atoms with van der Waals surface area (Å²) in [5.74, 6) is -1.24. The second kappa shape index (κ2) is 11.1. The number of halogens is 3. The minimum Gasteiger partial charge on any atom is -0.497 e. The number of nitrogens with zero attached hydrogens (tertiary/aromatic N) is 1. The summed E-state index contributed by atoms with van der Waals surface area (Å²) in [5, 5.41) is 9.68. The molecule has 0 saturated heterocycles. The SMILES string of the molecule is CCO/C(=C\c1cccc(Cc2c(C)n(C(=O)c3ccc(OC)cc3)c3ccc(C(F)(F)F)cc23)c1)C(=O)O. The zero-order chi connectivity index (χ0) is 28.3. The molecule has 1 N–H and O–H groups in total. The predicted octanol–water partition coefficient (Wildman–Crippen LogP) is 6.72. The van der Waals surface area contributed by atoms with Crippen molar-refractivity contribution in [1.82, 2.24) is 4.57 Å². The van der Waals surface area contributed by atoms with E-state index < -0.39 is 17.7 Å². The summed E-state index contributed by atoms with van der Waals surface area (Å²) in [6.07, 6.45) is -2.95. The number of benzene rings is 3. The number of alkyl halides is 3. The van der Waals surface area contributed by atoms with Crippen molar-refractivity contribution in [2.45, 2.75) is 26.4 Å². The molecule has 4 rings (SSSR count). The number of carboxylic acid groups (broad SMARTS) is 1. The zero-order valence-corrected chi connectivity index (χ0v) is 21.5. The Kier molecular flexibility index (Phi) is 7.80. The van der Waals surface area contributed by atoms with Gasteiger partial charge in [0.1, 0.15) is 5.75 Å². The molecule has 1 aromatic heterocycles. The third kappa shape index (κ3) is 5.82. The number of hydrogen-bond donors (Lipinski definition) is 1. The van der Waals surface area contributed by atoms with Crippen molar-refractivity contribution in [1.29, 1.82) is 0 Å². The number of carbonyl (C=O) groups excluding carboxylic acids is 1. The smallest absolute Gasteiger partial charge is 0.416 e. The Morgan fingerprint density at radius 1 is 1.03 bits per heavy atom. The van der Waals surface area contributed by atoms with E-state index in [1.54, 1.807) is 62.4 Å². The molecular formula is C30H26F3NO5. The quantitative estimate of drug-likeness (QED) is 0.200. The lowest BCUT2D eigenvalue weighted by molar-refractivity contribution is -0.138. The van der Waals surface area contributed by atoms with Gasteiger partial charge in [0.15, 0.2) is 0 Å². The maximum Gasteiger partial charge on any atom is 0.416 e. The van der Waals surface area contributed by atoms with E-state index in [4.69, 9.17) is 9.47 Å². The molecule has 0 radical (unpaired) electrons. The van der Waals surface area contributed by atoms with Gasteiger partial charge in [-0.3, -0.25) is 9.36 Å². The Labute approximate surface area is 222 Å². The highest BCUT2D eigenvalue weighted by atomic mass is 19.4. The van der Waals surface area contributed by atoms with Crippen LogP contribution in [0.2, 0.25) is 0 Å². The number of aromatic nitrogens is 1. The fraction of sp³-hybridized carbons (Fsp3) is 0.200. The molecule has 0 amide bonds. The summed E-state index contributed by atoms with van der Waals surface area (Å²) < 4.78 is 52.6. The van der Waals surface area contributed by atoms with Crippen LogP contribution in [0.15, 0.2) is 72.5 Å². The van der Waals surface area contributed by atoms with E-state index >= 15 is 0 Å². The topological polar surface area (TPSA) is 77.8 Å². The highest BCUT2D eigenvalue weighted by Gasteiger charge is 2.32. The van der Waals surface area contributed by atoms with E-state index in [2.05, 4.69) is 0 Å². The molecule has 3 aromatic carbocycles. The second-order valence-electron chi connectivity index (χ2n) is 8.83. The van der Waals surface area contributed by atoms with Crippen LogP contribution in [-0.2, 0) is 22.1 Å². The summed E-state index contributed by atoms with van der Waals surface area (Å²) in [7, 11) is 1.51. The number of hydrogen-bond acceptors (Lipinski definition) is 4. The van der Waals surface area contributed by atoms with Gasteiger partial charge < -0.3 is 14.6 Å². The average molecular weight is 538 g/mol. The lowest BCUT2D eigenvalue weighted by atomic mass is 9.99. The van der Waals surface area contributed by atoms with Crippen LogP contribution in [0.1, 0.15) is 45.2 Å². The van der Waals surface area contributed by atoms with Crippen molar-refractivity contribution >= 4 is 28.9 Å². The van der Waals surface area contributed by atoms with Gasteiger partial charge in [0.25, 0.3) is 5.91 Å². The minimum absolute atomic E-state index is 0.181. The number of fused-ring (bicyclic) bond motifs is 1. The number of carbonyl (C=O) groups is 2. The molecule has 0 unspecified atom stereocenters. The van der Waals surface area contributed by atoms with E-state index in [1.165, 1.54) is 23.8 Å². The predicted molar refractivity (Wildman–Crippen MR) is 141 cm³/mol. The van der Waals surface area contributed by atoms with Gasteiger partial charge in [0, 0.05) is 16.6 Å². The Morgan fingerprint density at radius 2 is 1.74 bits per heavy atom. The van der Waals surface area contributed by atoms with Crippen molar-refractivity contribution in [2.75, 3.05) is 13.7 Å². The fourth-order valence-corrected chi connectivity index (χ4v) is 4.48. The largest absolute Gasteiger partial charge is 0.497 e. The van der Waals surface area contributed by atoms with Crippen LogP contribution < -0.4 is 4.74 Å². The summed E-state index contributed by atoms with van der Waals surface area (Å²) in [6.45, 7) is 3.56. The molecule has 6 nitrogen and oxygen atoms in total. The van der Waals surface area contributed by atoms with Gasteiger partial charge in [-0.15, -0.1) is 0 Å². The molecule has 0 spiro atoms. The van der Waals surface area contributed by atoms with Gasteiger partial charge in [-0.25, -0.2) is 4.79 Å². The summed E-state index contributed by atoms with van der Waals surface area (Å²) in [4.78, 5) is 25.0. The van der Waals surface area contributed by atoms with E-state index in [-0.39, 0.29) is 24.7 Å². The molecular weight excluding hydrogens is 511 g/mol. The summed E-state index contributed by atoms with van der Waals surface area (Å²) in [5.41, 5.74) is 2.24. The number of aliphatic carboxylic acids is 1. The van der Waals surface area contributed by atoms with E-state index in [1.807, 2.05) is 0 Å². The molecule has 9 heteroatoms. The number of rotatable bonds is 8. The summed E-state index contributed by atoms with van der Waals surface area (Å²) in [6, 6.07) is 16.8. The molecule has 0 atom stereocenters. The van der Waals surface area contributed by atoms with Crippen LogP contribution in [0.3, 0.4) is 0 Å². The van der Waals surface area contributed by atoms with Crippen LogP contribution in [0.4, 0.5) is 13.2 Å². The van der Waals surface area contributed by atoms with Crippen LogP contribution >= 0.6 is 0 Å². The lowest BCUT2D eigenvalue weighted by Crippen LogP contribution is -2.14. The molecule has 0 aliphatic rings. The summed E-state index contributed by atoms with van der Waals surface area (Å²) >= 11 is 0. The molecule has 0 aliphatic carbocycles.